The molecule has 0 radical (unpaired) electrons. The van der Waals surface area contributed by atoms with Crippen LogP contribution in [0, 0.1) is 11.3 Å². The fourth-order valence-electron chi connectivity index (χ4n) is 2.40. The van der Waals surface area contributed by atoms with Crippen LogP contribution in [0.3, 0.4) is 0 Å². The number of anilines is 2. The molecule has 1 aromatic carbocycles. The van der Waals surface area contributed by atoms with Crippen molar-refractivity contribution in [2.75, 3.05) is 36.8 Å². The first-order chi connectivity index (χ1) is 8.61. The van der Waals surface area contributed by atoms with Crippen LogP contribution in [0.1, 0.15) is 19.4 Å². The van der Waals surface area contributed by atoms with E-state index < -0.39 is 0 Å². The molecule has 0 aliphatic carbocycles. The van der Waals surface area contributed by atoms with Gasteiger partial charge in [0.05, 0.1) is 11.3 Å². The first kappa shape index (κ1) is 12.7. The van der Waals surface area contributed by atoms with Crippen LogP contribution in [0.4, 0.5) is 11.4 Å². The Bertz CT molecular complexity index is 453. The van der Waals surface area contributed by atoms with Crippen molar-refractivity contribution in [3.63, 3.8) is 0 Å². The van der Waals surface area contributed by atoms with Gasteiger partial charge in [0, 0.05) is 37.9 Å². The van der Waals surface area contributed by atoms with E-state index in [1.165, 1.54) is 0 Å². The van der Waals surface area contributed by atoms with E-state index in [0.717, 1.165) is 31.9 Å². The smallest absolute Gasteiger partial charge is 0.101 e. The Morgan fingerprint density at radius 1 is 1.22 bits per heavy atom. The molecule has 4 nitrogen and oxygen atoms in total. The van der Waals surface area contributed by atoms with Gasteiger partial charge in [-0.3, -0.25) is 4.90 Å². The van der Waals surface area contributed by atoms with Crippen LogP contribution in [-0.2, 0) is 0 Å². The molecule has 0 unspecified atom stereocenters. The van der Waals surface area contributed by atoms with E-state index in [9.17, 15) is 5.26 Å². The fraction of sp³-hybridized carbons (Fsp3) is 0.500. The number of hydrogen-bond acceptors (Lipinski definition) is 4. The maximum Gasteiger partial charge on any atom is 0.101 e. The van der Waals surface area contributed by atoms with Crippen LogP contribution < -0.4 is 10.6 Å². The number of nitrogens with zero attached hydrogens (tertiary/aromatic N) is 3. The highest BCUT2D eigenvalue weighted by molar-refractivity contribution is 5.64. The Morgan fingerprint density at radius 3 is 2.44 bits per heavy atom. The average molecular weight is 244 g/mol. The zero-order valence-corrected chi connectivity index (χ0v) is 11.1. The topological polar surface area (TPSA) is 56.3 Å². The molecule has 96 valence electrons. The second-order valence-corrected chi connectivity index (χ2v) is 5.01. The lowest BCUT2D eigenvalue weighted by molar-refractivity contribution is 0.209. The molecule has 2 rings (SSSR count). The number of nitriles is 1. The maximum atomic E-state index is 9.17. The first-order valence-corrected chi connectivity index (χ1v) is 6.40. The lowest BCUT2D eigenvalue weighted by Gasteiger charge is -2.38. The van der Waals surface area contributed by atoms with Gasteiger partial charge in [-0.25, -0.2) is 0 Å². The van der Waals surface area contributed by atoms with Crippen molar-refractivity contribution in [1.29, 1.82) is 5.26 Å². The molecule has 1 aliphatic heterocycles. The first-order valence-electron chi connectivity index (χ1n) is 6.40. The SMILES string of the molecule is CC(C)N1CCN(c2ccc(N)cc2C#N)CC1. The van der Waals surface area contributed by atoms with Crippen molar-refractivity contribution < 1.29 is 0 Å². The van der Waals surface area contributed by atoms with E-state index >= 15 is 0 Å². The van der Waals surface area contributed by atoms with Gasteiger partial charge in [0.15, 0.2) is 0 Å². The predicted molar refractivity (Wildman–Crippen MR) is 74.5 cm³/mol. The lowest BCUT2D eigenvalue weighted by Crippen LogP contribution is -2.49. The van der Waals surface area contributed by atoms with E-state index in [2.05, 4.69) is 29.7 Å². The van der Waals surface area contributed by atoms with Gasteiger partial charge in [-0.2, -0.15) is 5.26 Å². The molecule has 1 aliphatic rings. The molecule has 4 heteroatoms. The second kappa shape index (κ2) is 5.28. The van der Waals surface area contributed by atoms with E-state index in [0.29, 0.717) is 17.3 Å². The van der Waals surface area contributed by atoms with Gasteiger partial charge >= 0.3 is 0 Å². The van der Waals surface area contributed by atoms with Crippen LogP contribution in [-0.4, -0.2) is 37.1 Å². The van der Waals surface area contributed by atoms with Crippen molar-refractivity contribution in [2.24, 2.45) is 0 Å². The highest BCUT2D eigenvalue weighted by Crippen LogP contribution is 2.24. The van der Waals surface area contributed by atoms with Gasteiger partial charge in [0.2, 0.25) is 0 Å². The standard InChI is InChI=1S/C14H20N4/c1-11(2)17-5-7-18(8-6-17)14-4-3-13(16)9-12(14)10-15/h3-4,9,11H,5-8,16H2,1-2H3. The summed E-state index contributed by atoms with van der Waals surface area (Å²) in [6.45, 7) is 8.48. The summed E-state index contributed by atoms with van der Waals surface area (Å²) in [5.74, 6) is 0. The molecular formula is C14H20N4. The Hall–Kier alpha value is -1.73. The van der Waals surface area contributed by atoms with Gasteiger partial charge in [-0.1, -0.05) is 0 Å². The molecule has 18 heavy (non-hydrogen) atoms. The highest BCUT2D eigenvalue weighted by atomic mass is 15.3. The summed E-state index contributed by atoms with van der Waals surface area (Å²) in [5, 5.41) is 9.17. The van der Waals surface area contributed by atoms with Gasteiger partial charge < -0.3 is 10.6 Å². The summed E-state index contributed by atoms with van der Waals surface area (Å²) in [7, 11) is 0. The zero-order chi connectivity index (χ0) is 13.1. The van der Waals surface area contributed by atoms with Gasteiger partial charge in [0.25, 0.3) is 0 Å². The van der Waals surface area contributed by atoms with Crippen LogP contribution in [0.2, 0.25) is 0 Å². The molecule has 1 heterocycles. The minimum Gasteiger partial charge on any atom is -0.399 e. The summed E-state index contributed by atoms with van der Waals surface area (Å²) in [5.41, 5.74) is 8.05. The molecule has 1 aromatic rings. The third-order valence-corrected chi connectivity index (χ3v) is 3.53. The number of nitrogen functional groups attached to an aromatic ring is 1. The Kier molecular flexibility index (Phi) is 3.73. The average Bonchev–Trinajstić information content (AvgIpc) is 2.38. The number of piperazine rings is 1. The van der Waals surface area contributed by atoms with Crippen LogP contribution in [0.25, 0.3) is 0 Å². The third-order valence-electron chi connectivity index (χ3n) is 3.53. The van der Waals surface area contributed by atoms with Crippen molar-refractivity contribution in [3.05, 3.63) is 23.8 Å². The van der Waals surface area contributed by atoms with Crippen molar-refractivity contribution in [2.45, 2.75) is 19.9 Å². The molecule has 0 saturated carbocycles. The zero-order valence-electron chi connectivity index (χ0n) is 11.1. The summed E-state index contributed by atoms with van der Waals surface area (Å²) in [6.07, 6.45) is 0. The number of nitrogens with two attached hydrogens (primary N) is 1. The second-order valence-electron chi connectivity index (χ2n) is 5.01. The van der Waals surface area contributed by atoms with Gasteiger partial charge in [-0.05, 0) is 32.0 Å². The molecule has 0 spiro atoms. The Labute approximate surface area is 109 Å². The fourth-order valence-corrected chi connectivity index (χ4v) is 2.40. The minimum atomic E-state index is 0.592. The normalized spacial score (nSPS) is 16.9. The summed E-state index contributed by atoms with van der Waals surface area (Å²) in [6, 6.07) is 8.40. The molecule has 0 aromatic heterocycles. The lowest BCUT2D eigenvalue weighted by atomic mass is 10.1. The Morgan fingerprint density at radius 2 is 1.89 bits per heavy atom. The van der Waals surface area contributed by atoms with Crippen LogP contribution >= 0.6 is 0 Å². The van der Waals surface area contributed by atoms with Crippen LogP contribution in [0.15, 0.2) is 18.2 Å². The third kappa shape index (κ3) is 2.57. The molecule has 1 fully saturated rings. The van der Waals surface area contributed by atoms with Crippen molar-refractivity contribution >= 4 is 11.4 Å². The molecule has 2 N–H and O–H groups in total. The summed E-state index contributed by atoms with van der Waals surface area (Å²) >= 11 is 0. The molecule has 0 amide bonds. The van der Waals surface area contributed by atoms with Crippen LogP contribution in [0.5, 0.6) is 0 Å². The van der Waals surface area contributed by atoms with Crippen molar-refractivity contribution in [3.8, 4) is 6.07 Å². The van der Waals surface area contributed by atoms with Gasteiger partial charge in [0.1, 0.15) is 6.07 Å². The van der Waals surface area contributed by atoms with E-state index in [4.69, 9.17) is 5.73 Å². The largest absolute Gasteiger partial charge is 0.399 e. The van der Waals surface area contributed by atoms with E-state index in [-0.39, 0.29) is 0 Å². The number of hydrogen-bond donors (Lipinski definition) is 1. The van der Waals surface area contributed by atoms with E-state index in [1.807, 2.05) is 12.1 Å². The van der Waals surface area contributed by atoms with E-state index in [1.54, 1.807) is 6.07 Å². The number of rotatable bonds is 2. The highest BCUT2D eigenvalue weighted by Gasteiger charge is 2.20. The molecular weight excluding hydrogens is 224 g/mol. The minimum absolute atomic E-state index is 0.592. The molecule has 1 saturated heterocycles. The predicted octanol–water partition coefficient (Wildman–Crippen LogP) is 1.67. The summed E-state index contributed by atoms with van der Waals surface area (Å²) in [4.78, 5) is 4.73. The number of benzene rings is 1. The van der Waals surface area contributed by atoms with Crippen molar-refractivity contribution in [1.82, 2.24) is 4.90 Å². The molecule has 0 atom stereocenters. The summed E-state index contributed by atoms with van der Waals surface area (Å²) < 4.78 is 0. The van der Waals surface area contributed by atoms with Gasteiger partial charge in [-0.15, -0.1) is 0 Å². The molecule has 0 bridgehead atoms. The monoisotopic (exact) mass is 244 g/mol. The maximum absolute atomic E-state index is 9.17. The Balaban J connectivity index is 2.13. The quantitative estimate of drug-likeness (QED) is 0.804.